The second-order valence-electron chi connectivity index (χ2n) is 7.04. The van der Waals surface area contributed by atoms with Crippen LogP contribution in [0.4, 0.5) is 4.39 Å². The third kappa shape index (κ3) is 3.00. The van der Waals surface area contributed by atoms with E-state index in [9.17, 15) is 4.39 Å². The van der Waals surface area contributed by atoms with Crippen LogP contribution in [0.3, 0.4) is 0 Å². The zero-order valence-corrected chi connectivity index (χ0v) is 12.6. The van der Waals surface area contributed by atoms with Gasteiger partial charge in [0.05, 0.1) is 0 Å². The van der Waals surface area contributed by atoms with Gasteiger partial charge in [0.2, 0.25) is 0 Å². The summed E-state index contributed by atoms with van der Waals surface area (Å²) in [5.74, 6) is 0.616. The highest BCUT2D eigenvalue weighted by atomic mass is 19.1. The standard InChI is InChI=1S/C17H26FN/c1-5-19-12-17(10-14(11-17)16(2,3)4)13-6-8-15(18)9-7-13/h6-9,14,19H,5,10-12H2,1-4H3. The van der Waals surface area contributed by atoms with Gasteiger partial charge in [-0.2, -0.15) is 0 Å². The van der Waals surface area contributed by atoms with Gasteiger partial charge in [-0.25, -0.2) is 4.39 Å². The quantitative estimate of drug-likeness (QED) is 0.861. The summed E-state index contributed by atoms with van der Waals surface area (Å²) in [4.78, 5) is 0. The van der Waals surface area contributed by atoms with Crippen LogP contribution in [0.2, 0.25) is 0 Å². The molecule has 0 heterocycles. The Morgan fingerprint density at radius 1 is 1.21 bits per heavy atom. The zero-order valence-electron chi connectivity index (χ0n) is 12.6. The molecule has 19 heavy (non-hydrogen) atoms. The molecule has 0 saturated heterocycles. The number of nitrogens with one attached hydrogen (secondary N) is 1. The monoisotopic (exact) mass is 263 g/mol. The first kappa shape index (κ1) is 14.5. The molecule has 1 aliphatic carbocycles. The normalized spacial score (nSPS) is 27.1. The highest BCUT2D eigenvalue weighted by Gasteiger charge is 2.48. The summed E-state index contributed by atoms with van der Waals surface area (Å²) < 4.78 is 13.1. The van der Waals surface area contributed by atoms with Crippen molar-refractivity contribution in [1.29, 1.82) is 0 Å². The summed E-state index contributed by atoms with van der Waals surface area (Å²) in [6, 6.07) is 7.11. The number of halogens is 1. The Hall–Kier alpha value is -0.890. The molecule has 1 saturated carbocycles. The van der Waals surface area contributed by atoms with E-state index in [0.717, 1.165) is 19.0 Å². The number of rotatable bonds is 4. The van der Waals surface area contributed by atoms with Crippen LogP contribution in [0.25, 0.3) is 0 Å². The molecule has 0 aromatic heterocycles. The smallest absolute Gasteiger partial charge is 0.123 e. The van der Waals surface area contributed by atoms with Gasteiger partial charge in [0.1, 0.15) is 5.82 Å². The molecule has 2 rings (SSSR count). The van der Waals surface area contributed by atoms with Crippen molar-refractivity contribution in [3.63, 3.8) is 0 Å². The first-order valence-corrected chi connectivity index (χ1v) is 7.34. The molecule has 106 valence electrons. The fourth-order valence-electron chi connectivity index (χ4n) is 3.15. The molecule has 2 heteroatoms. The molecular weight excluding hydrogens is 237 g/mol. The van der Waals surface area contributed by atoms with Gasteiger partial charge in [0.25, 0.3) is 0 Å². The van der Waals surface area contributed by atoms with Crippen molar-refractivity contribution in [3.8, 4) is 0 Å². The van der Waals surface area contributed by atoms with E-state index in [1.54, 1.807) is 12.1 Å². The molecule has 0 radical (unpaired) electrons. The summed E-state index contributed by atoms with van der Waals surface area (Å²) in [5, 5.41) is 3.48. The summed E-state index contributed by atoms with van der Waals surface area (Å²) in [5.41, 5.74) is 1.87. The Morgan fingerprint density at radius 3 is 2.26 bits per heavy atom. The van der Waals surface area contributed by atoms with Crippen LogP contribution in [0.5, 0.6) is 0 Å². The first-order valence-electron chi connectivity index (χ1n) is 7.34. The topological polar surface area (TPSA) is 12.0 Å². The Morgan fingerprint density at radius 2 is 1.79 bits per heavy atom. The molecule has 1 nitrogen and oxygen atoms in total. The highest BCUT2D eigenvalue weighted by Crippen LogP contribution is 2.54. The lowest BCUT2D eigenvalue weighted by Crippen LogP contribution is -2.52. The average molecular weight is 263 g/mol. The maximum Gasteiger partial charge on any atom is 0.123 e. The maximum absolute atomic E-state index is 13.1. The minimum Gasteiger partial charge on any atom is -0.316 e. The van der Waals surface area contributed by atoms with Crippen LogP contribution < -0.4 is 5.32 Å². The van der Waals surface area contributed by atoms with Gasteiger partial charge in [-0.15, -0.1) is 0 Å². The molecule has 0 spiro atoms. The summed E-state index contributed by atoms with van der Waals surface area (Å²) in [7, 11) is 0. The molecule has 1 aromatic carbocycles. The van der Waals surface area contributed by atoms with Gasteiger partial charge in [-0.3, -0.25) is 0 Å². The lowest BCUT2D eigenvalue weighted by atomic mass is 9.52. The minimum atomic E-state index is -0.144. The number of benzene rings is 1. The van der Waals surface area contributed by atoms with Crippen LogP contribution in [0, 0.1) is 17.2 Å². The van der Waals surface area contributed by atoms with Crippen molar-refractivity contribution < 1.29 is 4.39 Å². The van der Waals surface area contributed by atoms with E-state index in [2.05, 4.69) is 33.0 Å². The summed E-state index contributed by atoms with van der Waals surface area (Å²) >= 11 is 0. The van der Waals surface area contributed by atoms with Crippen LogP contribution in [-0.2, 0) is 5.41 Å². The number of likely N-dealkylation sites (N-methyl/N-ethyl adjacent to an activating group) is 1. The van der Waals surface area contributed by atoms with Crippen molar-refractivity contribution in [3.05, 3.63) is 35.6 Å². The molecule has 1 aromatic rings. The van der Waals surface area contributed by atoms with E-state index < -0.39 is 0 Å². The van der Waals surface area contributed by atoms with E-state index in [4.69, 9.17) is 0 Å². The van der Waals surface area contributed by atoms with Crippen molar-refractivity contribution in [1.82, 2.24) is 5.32 Å². The molecule has 1 aliphatic rings. The Kier molecular flexibility index (Phi) is 4.00. The second kappa shape index (κ2) is 5.24. The van der Waals surface area contributed by atoms with Crippen LogP contribution in [0.15, 0.2) is 24.3 Å². The van der Waals surface area contributed by atoms with E-state index in [1.165, 1.54) is 18.4 Å². The van der Waals surface area contributed by atoms with Crippen molar-refractivity contribution in [2.75, 3.05) is 13.1 Å². The van der Waals surface area contributed by atoms with Crippen LogP contribution in [-0.4, -0.2) is 13.1 Å². The van der Waals surface area contributed by atoms with Gasteiger partial charge in [0, 0.05) is 12.0 Å². The molecule has 1 fully saturated rings. The van der Waals surface area contributed by atoms with Gasteiger partial charge in [-0.1, -0.05) is 39.8 Å². The molecule has 1 N–H and O–H groups in total. The fourth-order valence-corrected chi connectivity index (χ4v) is 3.15. The molecular formula is C17H26FN. The Balaban J connectivity index is 2.16. The van der Waals surface area contributed by atoms with Crippen molar-refractivity contribution in [2.45, 2.75) is 46.0 Å². The maximum atomic E-state index is 13.1. The largest absolute Gasteiger partial charge is 0.316 e. The first-order chi connectivity index (χ1) is 8.87. The van der Waals surface area contributed by atoms with Gasteiger partial charge >= 0.3 is 0 Å². The molecule has 0 aliphatic heterocycles. The van der Waals surface area contributed by atoms with Gasteiger partial charge < -0.3 is 5.32 Å². The number of hydrogen-bond donors (Lipinski definition) is 1. The SMILES string of the molecule is CCNCC1(c2ccc(F)cc2)CC(C(C)(C)C)C1. The molecule has 0 amide bonds. The third-order valence-electron chi connectivity index (χ3n) is 4.67. The van der Waals surface area contributed by atoms with Gasteiger partial charge in [0.15, 0.2) is 0 Å². The van der Waals surface area contributed by atoms with E-state index in [0.29, 0.717) is 5.41 Å². The molecule has 0 unspecified atom stereocenters. The number of hydrogen-bond acceptors (Lipinski definition) is 1. The minimum absolute atomic E-state index is 0.144. The Labute approximate surface area is 116 Å². The van der Waals surface area contributed by atoms with Crippen LogP contribution >= 0.6 is 0 Å². The van der Waals surface area contributed by atoms with Gasteiger partial charge in [-0.05, 0) is 48.4 Å². The molecule has 0 atom stereocenters. The van der Waals surface area contributed by atoms with E-state index in [1.807, 2.05) is 12.1 Å². The highest BCUT2D eigenvalue weighted by molar-refractivity contribution is 5.30. The summed E-state index contributed by atoms with van der Waals surface area (Å²) in [6.45, 7) is 11.1. The van der Waals surface area contributed by atoms with Crippen molar-refractivity contribution >= 4 is 0 Å². The Bertz CT molecular complexity index is 410. The van der Waals surface area contributed by atoms with E-state index in [-0.39, 0.29) is 11.2 Å². The lowest BCUT2D eigenvalue weighted by molar-refractivity contribution is 0.0451. The van der Waals surface area contributed by atoms with Crippen LogP contribution in [0.1, 0.15) is 46.1 Å². The fraction of sp³-hybridized carbons (Fsp3) is 0.647. The van der Waals surface area contributed by atoms with Crippen molar-refractivity contribution in [2.24, 2.45) is 11.3 Å². The summed E-state index contributed by atoms with van der Waals surface area (Å²) in [6.07, 6.45) is 2.41. The lowest BCUT2D eigenvalue weighted by Gasteiger charge is -2.53. The van der Waals surface area contributed by atoms with E-state index >= 15 is 0 Å². The predicted molar refractivity (Wildman–Crippen MR) is 78.8 cm³/mol. The zero-order chi connectivity index (χ0) is 14.1. The third-order valence-corrected chi connectivity index (χ3v) is 4.67. The average Bonchev–Trinajstić information content (AvgIpc) is 2.28. The molecule has 0 bridgehead atoms. The predicted octanol–water partition coefficient (Wildman–Crippen LogP) is 4.13. The second-order valence-corrected chi connectivity index (χ2v) is 7.04.